The molecule has 0 spiro atoms. The van der Waals surface area contributed by atoms with Crippen molar-refractivity contribution in [3.8, 4) is 0 Å². The van der Waals surface area contributed by atoms with Gasteiger partial charge in [0.2, 0.25) is 0 Å². The Hall–Kier alpha value is -1.10. The summed E-state index contributed by atoms with van der Waals surface area (Å²) in [5, 5.41) is -0.305. The Labute approximate surface area is 121 Å². The van der Waals surface area contributed by atoms with Crippen LogP contribution in [0, 0.1) is 5.92 Å². The molecule has 1 heterocycles. The van der Waals surface area contributed by atoms with Gasteiger partial charge in [0, 0.05) is 18.6 Å². The first-order valence-electron chi connectivity index (χ1n) is 7.25. The summed E-state index contributed by atoms with van der Waals surface area (Å²) < 4.78 is 29.5. The molecule has 1 aliphatic carbocycles. The molecule has 1 aromatic heterocycles. The molecule has 2 rings (SSSR count). The number of aryl methyl sites for hydroxylation is 1. The molecule has 0 radical (unpaired) electrons. The van der Waals surface area contributed by atoms with E-state index in [0.29, 0.717) is 6.42 Å². The lowest BCUT2D eigenvalue weighted by molar-refractivity contribution is 0.392. The van der Waals surface area contributed by atoms with Crippen molar-refractivity contribution in [2.75, 3.05) is 5.75 Å². The molecule has 0 amide bonds. The van der Waals surface area contributed by atoms with E-state index < -0.39 is 9.84 Å². The first-order valence-corrected chi connectivity index (χ1v) is 8.97. The number of hydrogen-bond donors (Lipinski definition) is 0. The molecule has 1 aromatic rings. The number of aromatic nitrogens is 1. The first kappa shape index (κ1) is 15.3. The van der Waals surface area contributed by atoms with Crippen LogP contribution in [0.4, 0.5) is 0 Å². The molecule has 112 valence electrons. The van der Waals surface area contributed by atoms with E-state index in [4.69, 9.17) is 4.42 Å². The zero-order chi connectivity index (χ0) is 14.9. The van der Waals surface area contributed by atoms with Crippen LogP contribution in [0.15, 0.2) is 11.0 Å². The average Bonchev–Trinajstić information content (AvgIpc) is 2.82. The Morgan fingerprint density at radius 3 is 2.70 bits per heavy atom. The van der Waals surface area contributed by atoms with Crippen molar-refractivity contribution in [1.82, 2.24) is 4.98 Å². The van der Waals surface area contributed by atoms with Gasteiger partial charge in [0.25, 0.3) is 0 Å². The topological polar surface area (TPSA) is 60.2 Å². The minimum atomic E-state index is -2.97. The van der Waals surface area contributed by atoms with Gasteiger partial charge in [-0.15, -0.1) is 0 Å². The van der Waals surface area contributed by atoms with E-state index in [0.717, 1.165) is 42.2 Å². The summed E-state index contributed by atoms with van der Waals surface area (Å²) in [6.07, 6.45) is 3.01. The summed E-state index contributed by atoms with van der Waals surface area (Å²) in [6.45, 7) is 9.58. The molecule has 0 fully saturated rings. The maximum Gasteiger partial charge on any atom is 0.194 e. The normalized spacial score (nSPS) is 20.8. The molecule has 0 N–H and O–H groups in total. The second kappa shape index (κ2) is 5.72. The van der Waals surface area contributed by atoms with E-state index in [9.17, 15) is 8.42 Å². The minimum Gasteiger partial charge on any atom is -0.445 e. The zero-order valence-electron chi connectivity index (χ0n) is 12.5. The number of allylic oxidation sites excluding steroid dienone is 1. The molecule has 0 saturated carbocycles. The molecule has 0 aromatic carbocycles. The third-order valence-corrected chi connectivity index (χ3v) is 6.29. The standard InChI is InChI=1S/C15H23NO3S/c1-5-14-16-15-10(3)7-12(9-13(15)19-14)8-11(4)20(17,18)6-2/h11-12H,3,5-9H2,1-2,4H3. The number of oxazole rings is 1. The molecule has 0 saturated heterocycles. The van der Waals surface area contributed by atoms with Crippen LogP contribution in [0.5, 0.6) is 0 Å². The second-order valence-electron chi connectivity index (χ2n) is 5.61. The molecular formula is C15H23NO3S. The molecule has 2 unspecified atom stereocenters. The Morgan fingerprint density at radius 2 is 2.10 bits per heavy atom. The quantitative estimate of drug-likeness (QED) is 0.838. The Kier molecular flexibility index (Phi) is 4.37. The molecule has 0 bridgehead atoms. The van der Waals surface area contributed by atoms with Crippen molar-refractivity contribution < 1.29 is 12.8 Å². The lowest BCUT2D eigenvalue weighted by atomic mass is 9.84. The summed E-state index contributed by atoms with van der Waals surface area (Å²) >= 11 is 0. The minimum absolute atomic E-state index is 0.204. The highest BCUT2D eigenvalue weighted by molar-refractivity contribution is 7.91. The fraction of sp³-hybridized carbons (Fsp3) is 0.667. The number of hydrogen-bond acceptors (Lipinski definition) is 4. The maximum absolute atomic E-state index is 11.9. The van der Waals surface area contributed by atoms with Gasteiger partial charge in [-0.05, 0) is 31.3 Å². The van der Waals surface area contributed by atoms with Crippen molar-refractivity contribution >= 4 is 15.4 Å². The van der Waals surface area contributed by atoms with Crippen molar-refractivity contribution in [2.45, 2.75) is 51.7 Å². The van der Waals surface area contributed by atoms with Gasteiger partial charge in [0.15, 0.2) is 15.7 Å². The van der Waals surface area contributed by atoms with Crippen LogP contribution >= 0.6 is 0 Å². The average molecular weight is 297 g/mol. The summed E-state index contributed by atoms with van der Waals surface area (Å²) in [6, 6.07) is 0. The predicted octanol–water partition coefficient (Wildman–Crippen LogP) is 3.03. The molecular weight excluding hydrogens is 274 g/mol. The lowest BCUT2D eigenvalue weighted by Gasteiger charge is -2.24. The molecule has 5 heteroatoms. The van der Waals surface area contributed by atoms with Gasteiger partial charge in [-0.3, -0.25) is 0 Å². The third kappa shape index (κ3) is 2.97. The monoisotopic (exact) mass is 297 g/mol. The Bertz CT molecular complexity index is 601. The van der Waals surface area contributed by atoms with E-state index in [1.54, 1.807) is 13.8 Å². The SMILES string of the molecule is C=C1CC(CC(C)S(=O)(=O)CC)Cc2oc(CC)nc21. The van der Waals surface area contributed by atoms with Gasteiger partial charge in [0.05, 0.1) is 5.25 Å². The number of rotatable bonds is 5. The van der Waals surface area contributed by atoms with Crippen LogP contribution in [0.2, 0.25) is 0 Å². The second-order valence-corrected chi connectivity index (χ2v) is 8.32. The number of nitrogens with zero attached hydrogens (tertiary/aromatic N) is 1. The zero-order valence-corrected chi connectivity index (χ0v) is 13.3. The molecule has 0 aliphatic heterocycles. The van der Waals surface area contributed by atoms with Gasteiger partial charge in [0.1, 0.15) is 11.5 Å². The van der Waals surface area contributed by atoms with Gasteiger partial charge in [-0.1, -0.05) is 20.4 Å². The van der Waals surface area contributed by atoms with Crippen molar-refractivity contribution in [1.29, 1.82) is 0 Å². The largest absolute Gasteiger partial charge is 0.445 e. The van der Waals surface area contributed by atoms with Crippen LogP contribution in [0.25, 0.3) is 5.57 Å². The summed E-state index contributed by atoms with van der Waals surface area (Å²) in [5.41, 5.74) is 1.87. The van der Waals surface area contributed by atoms with Crippen molar-refractivity contribution in [3.05, 3.63) is 23.9 Å². The molecule has 1 aliphatic rings. The van der Waals surface area contributed by atoms with Crippen LogP contribution in [0.3, 0.4) is 0 Å². The highest BCUT2D eigenvalue weighted by atomic mass is 32.2. The first-order chi connectivity index (χ1) is 9.37. The fourth-order valence-electron chi connectivity index (χ4n) is 2.81. The lowest BCUT2D eigenvalue weighted by Crippen LogP contribution is -2.25. The van der Waals surface area contributed by atoms with Crippen LogP contribution in [-0.2, 0) is 22.7 Å². The van der Waals surface area contributed by atoms with Crippen molar-refractivity contribution in [2.24, 2.45) is 5.92 Å². The molecule has 20 heavy (non-hydrogen) atoms. The van der Waals surface area contributed by atoms with E-state index in [-0.39, 0.29) is 16.9 Å². The summed E-state index contributed by atoms with van der Waals surface area (Å²) in [5.74, 6) is 2.11. The maximum atomic E-state index is 11.9. The van der Waals surface area contributed by atoms with Gasteiger partial charge in [-0.25, -0.2) is 13.4 Å². The van der Waals surface area contributed by atoms with E-state index in [2.05, 4.69) is 11.6 Å². The van der Waals surface area contributed by atoms with Crippen LogP contribution in [0.1, 0.15) is 51.0 Å². The highest BCUT2D eigenvalue weighted by Gasteiger charge is 2.30. The Morgan fingerprint density at radius 1 is 1.40 bits per heavy atom. The fourth-order valence-corrected chi connectivity index (χ4v) is 3.95. The summed E-state index contributed by atoms with van der Waals surface area (Å²) in [7, 11) is -2.97. The summed E-state index contributed by atoms with van der Waals surface area (Å²) in [4.78, 5) is 4.44. The van der Waals surface area contributed by atoms with E-state index in [1.165, 1.54) is 0 Å². The van der Waals surface area contributed by atoms with Crippen LogP contribution < -0.4 is 0 Å². The smallest absolute Gasteiger partial charge is 0.194 e. The molecule has 4 nitrogen and oxygen atoms in total. The van der Waals surface area contributed by atoms with Crippen molar-refractivity contribution in [3.63, 3.8) is 0 Å². The number of sulfone groups is 1. The Balaban J connectivity index is 2.12. The highest BCUT2D eigenvalue weighted by Crippen LogP contribution is 2.36. The van der Waals surface area contributed by atoms with Gasteiger partial charge >= 0.3 is 0 Å². The third-order valence-electron chi connectivity index (χ3n) is 4.07. The predicted molar refractivity (Wildman–Crippen MR) is 80.3 cm³/mol. The van der Waals surface area contributed by atoms with Gasteiger partial charge in [-0.2, -0.15) is 0 Å². The van der Waals surface area contributed by atoms with Crippen LogP contribution in [-0.4, -0.2) is 24.4 Å². The van der Waals surface area contributed by atoms with E-state index in [1.807, 2.05) is 6.92 Å². The molecule has 2 atom stereocenters. The van der Waals surface area contributed by atoms with Gasteiger partial charge < -0.3 is 4.42 Å². The number of fused-ring (bicyclic) bond motifs is 1. The van der Waals surface area contributed by atoms with E-state index >= 15 is 0 Å².